The molecule has 0 radical (unpaired) electrons. The predicted octanol–water partition coefficient (Wildman–Crippen LogP) is 2.81. The molecule has 7 nitrogen and oxygen atoms in total. The van der Waals surface area contributed by atoms with E-state index in [0.717, 1.165) is 22.9 Å². The molecule has 2 rings (SSSR count). The van der Waals surface area contributed by atoms with Crippen LogP contribution >= 0.6 is 15.9 Å². The fourth-order valence-corrected chi connectivity index (χ4v) is 1.99. The van der Waals surface area contributed by atoms with Crippen molar-refractivity contribution >= 4 is 33.3 Å². The Balaban J connectivity index is 2.44. The number of nitrogens with one attached hydrogen (secondary N) is 1. The number of anilines is 1. The lowest BCUT2D eigenvalue weighted by Crippen LogP contribution is -2.08. The Morgan fingerprint density at radius 2 is 2.24 bits per heavy atom. The van der Waals surface area contributed by atoms with Gasteiger partial charge in [0.2, 0.25) is 5.91 Å². The van der Waals surface area contributed by atoms with Gasteiger partial charge < -0.3 is 15.4 Å². The van der Waals surface area contributed by atoms with Crippen molar-refractivity contribution in [1.82, 2.24) is 9.78 Å². The summed E-state index contributed by atoms with van der Waals surface area (Å²) in [5.74, 6) is -1.52. The molecular formula is C12H8BrFN4O3. The fraction of sp³-hybridized carbons (Fsp3) is 0. The average Bonchev–Trinajstić information content (AvgIpc) is 2.80. The van der Waals surface area contributed by atoms with E-state index >= 15 is 0 Å². The normalized spacial score (nSPS) is 10.2. The molecule has 0 aliphatic rings. The highest BCUT2D eigenvalue weighted by Gasteiger charge is 2.20. The van der Waals surface area contributed by atoms with E-state index in [2.05, 4.69) is 32.9 Å². The molecule has 0 aliphatic heterocycles. The maximum atomic E-state index is 13.6. The molecule has 0 saturated carbocycles. The van der Waals surface area contributed by atoms with E-state index in [1.807, 2.05) is 0 Å². The Labute approximate surface area is 126 Å². The number of hydrogen-bond acceptors (Lipinski definition) is 4. The second-order valence-corrected chi connectivity index (χ2v) is 4.75. The van der Waals surface area contributed by atoms with E-state index in [4.69, 9.17) is 0 Å². The highest BCUT2D eigenvalue weighted by Crippen LogP contribution is 2.25. The highest BCUT2D eigenvalue weighted by atomic mass is 79.9. The molecule has 0 fully saturated rings. The van der Waals surface area contributed by atoms with E-state index in [0.29, 0.717) is 0 Å². The van der Waals surface area contributed by atoms with Gasteiger partial charge >= 0.3 is 5.82 Å². The van der Waals surface area contributed by atoms with Crippen LogP contribution in [0.2, 0.25) is 0 Å². The van der Waals surface area contributed by atoms with Crippen LogP contribution < -0.4 is 5.32 Å². The van der Waals surface area contributed by atoms with Crippen LogP contribution in [-0.2, 0) is 4.79 Å². The first-order chi connectivity index (χ1) is 9.90. The van der Waals surface area contributed by atoms with Crippen molar-refractivity contribution in [3.8, 4) is 5.69 Å². The molecule has 0 aliphatic carbocycles. The Bertz CT molecular complexity index is 744. The summed E-state index contributed by atoms with van der Waals surface area (Å²) in [5.41, 5.74) is 0.410. The molecule has 0 spiro atoms. The summed E-state index contributed by atoms with van der Waals surface area (Å²) in [7, 11) is 0. The molecule has 0 atom stereocenters. The van der Waals surface area contributed by atoms with Crippen molar-refractivity contribution in [2.75, 3.05) is 5.32 Å². The van der Waals surface area contributed by atoms with Crippen LogP contribution in [0, 0.1) is 15.9 Å². The zero-order valence-electron chi connectivity index (χ0n) is 10.4. The molecule has 1 N–H and O–H groups in total. The number of aromatic nitrogens is 2. The number of carbonyl (C=O) groups is 1. The molecule has 1 amide bonds. The van der Waals surface area contributed by atoms with E-state index in [9.17, 15) is 19.3 Å². The van der Waals surface area contributed by atoms with Crippen molar-refractivity contribution in [3.63, 3.8) is 0 Å². The molecule has 108 valence electrons. The number of rotatable bonds is 4. The Hall–Kier alpha value is -2.55. The minimum absolute atomic E-state index is 0.161. The third-order valence-corrected chi connectivity index (χ3v) is 2.98. The lowest BCUT2D eigenvalue weighted by molar-refractivity contribution is -0.390. The van der Waals surface area contributed by atoms with Gasteiger partial charge in [-0.2, -0.15) is 0 Å². The topological polar surface area (TPSA) is 90.1 Å². The van der Waals surface area contributed by atoms with Crippen LogP contribution in [0.4, 0.5) is 15.9 Å². The zero-order valence-corrected chi connectivity index (χ0v) is 12.0. The third kappa shape index (κ3) is 3.31. The first-order valence-corrected chi connectivity index (χ1v) is 6.34. The largest absolute Gasteiger partial charge is 0.404 e. The van der Waals surface area contributed by atoms with Crippen LogP contribution in [-0.4, -0.2) is 20.6 Å². The first kappa shape index (κ1) is 14.9. The molecule has 9 heteroatoms. The van der Waals surface area contributed by atoms with Gasteiger partial charge in [0.1, 0.15) is 10.3 Å². The molecule has 1 aromatic carbocycles. The number of hydrogen-bond donors (Lipinski definition) is 1. The van der Waals surface area contributed by atoms with Gasteiger partial charge in [-0.05, 0) is 39.1 Å². The molecule has 0 bridgehead atoms. The predicted molar refractivity (Wildman–Crippen MR) is 76.7 cm³/mol. The Kier molecular flexibility index (Phi) is 4.13. The summed E-state index contributed by atoms with van der Waals surface area (Å²) in [6.45, 7) is 3.29. The van der Waals surface area contributed by atoms with Crippen molar-refractivity contribution in [2.45, 2.75) is 0 Å². The standard InChI is InChI=1S/C12H8BrFN4O3/c1-2-11(19)15-8-3-7(14)4-9(5-8)17-6-10(13)12(16-17)18(20)21/h2-6H,1H2,(H,15,19). The monoisotopic (exact) mass is 354 g/mol. The molecule has 1 heterocycles. The molecule has 0 unspecified atom stereocenters. The molecule has 21 heavy (non-hydrogen) atoms. The van der Waals surface area contributed by atoms with Gasteiger partial charge in [0, 0.05) is 11.8 Å². The summed E-state index contributed by atoms with van der Waals surface area (Å²) < 4.78 is 14.9. The van der Waals surface area contributed by atoms with E-state index in [-0.39, 0.29) is 15.8 Å². The van der Waals surface area contributed by atoms with Gasteiger partial charge in [0.15, 0.2) is 0 Å². The molecule has 2 aromatic rings. The van der Waals surface area contributed by atoms with Gasteiger partial charge in [0.05, 0.1) is 17.0 Å². The van der Waals surface area contributed by atoms with Crippen LogP contribution in [0.25, 0.3) is 5.69 Å². The number of nitro groups is 1. The van der Waals surface area contributed by atoms with E-state index in [1.54, 1.807) is 0 Å². The number of nitrogens with zero attached hydrogens (tertiary/aromatic N) is 3. The lowest BCUT2D eigenvalue weighted by Gasteiger charge is -2.04. The fourth-order valence-electron chi connectivity index (χ4n) is 1.57. The van der Waals surface area contributed by atoms with Gasteiger partial charge in [-0.1, -0.05) is 6.58 Å². The lowest BCUT2D eigenvalue weighted by atomic mass is 10.2. The van der Waals surface area contributed by atoms with E-state index < -0.39 is 22.5 Å². The number of amides is 1. The highest BCUT2D eigenvalue weighted by molar-refractivity contribution is 9.10. The third-order valence-electron chi connectivity index (χ3n) is 2.42. The molecule has 1 aromatic heterocycles. The second-order valence-electron chi connectivity index (χ2n) is 3.89. The number of halogens is 2. The number of benzene rings is 1. The Morgan fingerprint density at radius 1 is 1.52 bits per heavy atom. The maximum Gasteiger partial charge on any atom is 0.404 e. The smallest absolute Gasteiger partial charge is 0.358 e. The summed E-state index contributed by atoms with van der Waals surface area (Å²) in [6.07, 6.45) is 2.37. The minimum atomic E-state index is -0.666. The quantitative estimate of drug-likeness (QED) is 0.519. The maximum absolute atomic E-state index is 13.6. The van der Waals surface area contributed by atoms with Gasteiger partial charge in [0.25, 0.3) is 0 Å². The van der Waals surface area contributed by atoms with Gasteiger partial charge in [-0.3, -0.25) is 4.79 Å². The molecule has 0 saturated heterocycles. The summed E-state index contributed by atoms with van der Waals surface area (Å²) in [4.78, 5) is 21.3. The van der Waals surface area contributed by atoms with Crippen LogP contribution in [0.1, 0.15) is 0 Å². The minimum Gasteiger partial charge on any atom is -0.358 e. The summed E-state index contributed by atoms with van der Waals surface area (Å²) in [6, 6.07) is 3.66. The SMILES string of the molecule is C=CC(=O)Nc1cc(F)cc(-n2cc(Br)c([N+](=O)[O-])n2)c1. The second kappa shape index (κ2) is 5.83. The zero-order chi connectivity index (χ0) is 15.6. The Morgan fingerprint density at radius 3 is 2.81 bits per heavy atom. The number of carbonyl (C=O) groups excluding carboxylic acids is 1. The van der Waals surface area contributed by atoms with Crippen molar-refractivity contribution in [1.29, 1.82) is 0 Å². The van der Waals surface area contributed by atoms with Gasteiger partial charge in [-0.15, -0.1) is 4.68 Å². The van der Waals surface area contributed by atoms with Crippen LogP contribution in [0.15, 0.2) is 41.5 Å². The first-order valence-electron chi connectivity index (χ1n) is 5.54. The molecular weight excluding hydrogens is 347 g/mol. The summed E-state index contributed by atoms with van der Waals surface area (Å²) in [5, 5.41) is 16.9. The summed E-state index contributed by atoms with van der Waals surface area (Å²) >= 11 is 3.00. The van der Waals surface area contributed by atoms with Crippen LogP contribution in [0.5, 0.6) is 0 Å². The average molecular weight is 355 g/mol. The van der Waals surface area contributed by atoms with Crippen molar-refractivity contribution in [2.24, 2.45) is 0 Å². The van der Waals surface area contributed by atoms with Crippen molar-refractivity contribution < 1.29 is 14.1 Å². The van der Waals surface area contributed by atoms with Crippen molar-refractivity contribution in [3.05, 3.63) is 57.5 Å². The van der Waals surface area contributed by atoms with Crippen LogP contribution in [0.3, 0.4) is 0 Å². The van der Waals surface area contributed by atoms with Gasteiger partial charge in [-0.25, -0.2) is 4.39 Å². The van der Waals surface area contributed by atoms with E-state index in [1.165, 1.54) is 12.3 Å².